The van der Waals surface area contributed by atoms with Gasteiger partial charge in [0.15, 0.2) is 0 Å². The van der Waals surface area contributed by atoms with Gasteiger partial charge >= 0.3 is 0 Å². The van der Waals surface area contributed by atoms with E-state index in [0.717, 1.165) is 24.9 Å². The Morgan fingerprint density at radius 1 is 1.57 bits per heavy atom. The highest BCUT2D eigenvalue weighted by molar-refractivity contribution is 6.33. The second kappa shape index (κ2) is 6.73. The second-order valence-corrected chi connectivity index (χ2v) is 5.64. The Bertz CT molecular complexity index is 546. The van der Waals surface area contributed by atoms with Gasteiger partial charge in [0.1, 0.15) is 5.75 Å². The predicted molar refractivity (Wildman–Crippen MR) is 85.7 cm³/mol. The molecule has 116 valence electrons. The molecule has 0 unspecified atom stereocenters. The molecule has 2 aliphatic rings. The first kappa shape index (κ1) is 16.2. The van der Waals surface area contributed by atoms with E-state index in [1.807, 2.05) is 0 Å². The summed E-state index contributed by atoms with van der Waals surface area (Å²) >= 11 is 6.10. The molecule has 7 heteroatoms. The number of amides is 1. The molecule has 0 aromatic heterocycles. The van der Waals surface area contributed by atoms with Crippen LogP contribution in [0.25, 0.3) is 0 Å². The van der Waals surface area contributed by atoms with Crippen LogP contribution in [-0.2, 0) is 6.42 Å². The highest BCUT2D eigenvalue weighted by Crippen LogP contribution is 2.38. The Balaban J connectivity index is 0.00000161. The Labute approximate surface area is 135 Å². The van der Waals surface area contributed by atoms with Gasteiger partial charge in [0.25, 0.3) is 5.91 Å². The topological polar surface area (TPSA) is 76.4 Å². The van der Waals surface area contributed by atoms with E-state index in [1.54, 1.807) is 6.07 Å². The highest BCUT2D eigenvalue weighted by atomic mass is 35.5. The van der Waals surface area contributed by atoms with Crippen molar-refractivity contribution in [3.63, 3.8) is 0 Å². The minimum absolute atomic E-state index is 0. The Morgan fingerprint density at radius 2 is 2.38 bits per heavy atom. The Hall–Kier alpha value is -1.17. The zero-order valence-electron chi connectivity index (χ0n) is 11.6. The fourth-order valence-corrected chi connectivity index (χ4v) is 3.00. The van der Waals surface area contributed by atoms with Crippen LogP contribution in [0, 0.1) is 0 Å². The van der Waals surface area contributed by atoms with E-state index >= 15 is 0 Å². The number of nitrogens with two attached hydrogens (primary N) is 1. The maximum Gasteiger partial charge on any atom is 0.255 e. The molecule has 0 aliphatic carbocycles. The predicted octanol–water partition coefficient (Wildman–Crippen LogP) is 1.76. The first-order chi connectivity index (χ1) is 9.66. The SMILES string of the molecule is Cl.Nc1c(Cl)cc(C(=O)NC[C@H]2CCCN2)c2c1CCO2. The third-order valence-electron chi connectivity index (χ3n) is 3.89. The van der Waals surface area contributed by atoms with Gasteiger partial charge in [-0.2, -0.15) is 0 Å². The molecule has 1 atom stereocenters. The van der Waals surface area contributed by atoms with Crippen LogP contribution < -0.4 is 21.1 Å². The van der Waals surface area contributed by atoms with Crippen molar-refractivity contribution in [2.24, 2.45) is 0 Å². The number of nitrogen functional groups attached to an aromatic ring is 1. The highest BCUT2D eigenvalue weighted by Gasteiger charge is 2.25. The van der Waals surface area contributed by atoms with E-state index in [0.29, 0.717) is 47.6 Å². The van der Waals surface area contributed by atoms with Gasteiger partial charge in [0.05, 0.1) is 22.9 Å². The lowest BCUT2D eigenvalue weighted by Gasteiger charge is -2.14. The van der Waals surface area contributed by atoms with Crippen molar-refractivity contribution < 1.29 is 9.53 Å². The van der Waals surface area contributed by atoms with E-state index in [-0.39, 0.29) is 18.3 Å². The van der Waals surface area contributed by atoms with E-state index in [2.05, 4.69) is 10.6 Å². The summed E-state index contributed by atoms with van der Waals surface area (Å²) in [5.74, 6) is 0.433. The van der Waals surface area contributed by atoms with Crippen molar-refractivity contribution in [1.82, 2.24) is 10.6 Å². The minimum Gasteiger partial charge on any atom is -0.492 e. The van der Waals surface area contributed by atoms with Crippen LogP contribution in [0.3, 0.4) is 0 Å². The summed E-state index contributed by atoms with van der Waals surface area (Å²) in [5.41, 5.74) is 7.77. The molecule has 1 aromatic carbocycles. The fourth-order valence-electron chi connectivity index (χ4n) is 2.78. The third-order valence-corrected chi connectivity index (χ3v) is 4.20. The van der Waals surface area contributed by atoms with Crippen LogP contribution in [0.1, 0.15) is 28.8 Å². The lowest BCUT2D eigenvalue weighted by Crippen LogP contribution is -2.37. The number of carbonyl (C=O) groups is 1. The van der Waals surface area contributed by atoms with Gasteiger partial charge in [-0.1, -0.05) is 11.6 Å². The van der Waals surface area contributed by atoms with Crippen molar-refractivity contribution in [3.05, 3.63) is 22.2 Å². The average Bonchev–Trinajstić information content (AvgIpc) is 3.10. The van der Waals surface area contributed by atoms with Crippen molar-refractivity contribution in [3.8, 4) is 5.75 Å². The minimum atomic E-state index is -0.154. The Morgan fingerprint density at radius 3 is 3.10 bits per heavy atom. The molecule has 1 saturated heterocycles. The first-order valence-electron chi connectivity index (χ1n) is 6.92. The third kappa shape index (κ3) is 3.20. The second-order valence-electron chi connectivity index (χ2n) is 5.23. The Kier molecular flexibility index (Phi) is 5.19. The molecule has 0 bridgehead atoms. The van der Waals surface area contributed by atoms with Gasteiger partial charge in [-0.25, -0.2) is 0 Å². The number of ether oxygens (including phenoxy) is 1. The quantitative estimate of drug-likeness (QED) is 0.737. The van der Waals surface area contributed by atoms with Crippen molar-refractivity contribution in [2.45, 2.75) is 25.3 Å². The van der Waals surface area contributed by atoms with Gasteiger partial charge in [-0.15, -0.1) is 12.4 Å². The van der Waals surface area contributed by atoms with Crippen molar-refractivity contribution in [1.29, 1.82) is 0 Å². The number of carbonyl (C=O) groups excluding carboxylic acids is 1. The smallest absolute Gasteiger partial charge is 0.255 e. The zero-order chi connectivity index (χ0) is 14.1. The number of halogens is 2. The first-order valence-corrected chi connectivity index (χ1v) is 7.30. The molecule has 0 spiro atoms. The largest absolute Gasteiger partial charge is 0.492 e. The van der Waals surface area contributed by atoms with Gasteiger partial charge in [-0.05, 0) is 25.5 Å². The molecule has 1 aromatic rings. The van der Waals surface area contributed by atoms with E-state index < -0.39 is 0 Å². The number of nitrogens with one attached hydrogen (secondary N) is 2. The monoisotopic (exact) mass is 331 g/mol. The molecule has 0 saturated carbocycles. The summed E-state index contributed by atoms with van der Waals surface area (Å²) in [6, 6.07) is 1.95. The summed E-state index contributed by atoms with van der Waals surface area (Å²) in [7, 11) is 0. The molecule has 4 N–H and O–H groups in total. The summed E-state index contributed by atoms with van der Waals surface area (Å²) in [6.07, 6.45) is 2.95. The molecular formula is C14H19Cl2N3O2. The lowest BCUT2D eigenvalue weighted by molar-refractivity contribution is 0.0947. The van der Waals surface area contributed by atoms with Crippen LogP contribution in [0.4, 0.5) is 5.69 Å². The number of benzene rings is 1. The van der Waals surface area contributed by atoms with Gasteiger partial charge in [0.2, 0.25) is 0 Å². The van der Waals surface area contributed by atoms with Crippen LogP contribution in [-0.4, -0.2) is 31.6 Å². The number of hydrogen-bond acceptors (Lipinski definition) is 4. The van der Waals surface area contributed by atoms with E-state index in [4.69, 9.17) is 22.1 Å². The van der Waals surface area contributed by atoms with Gasteiger partial charge in [0, 0.05) is 24.6 Å². The maximum atomic E-state index is 12.3. The molecule has 2 aliphatic heterocycles. The van der Waals surface area contributed by atoms with Gasteiger partial charge < -0.3 is 21.1 Å². The molecule has 21 heavy (non-hydrogen) atoms. The molecule has 3 rings (SSSR count). The average molecular weight is 332 g/mol. The number of fused-ring (bicyclic) bond motifs is 1. The summed E-state index contributed by atoms with van der Waals surface area (Å²) in [5, 5.41) is 6.70. The maximum absolute atomic E-state index is 12.3. The van der Waals surface area contributed by atoms with Crippen LogP contribution in [0.5, 0.6) is 5.75 Å². The number of anilines is 1. The zero-order valence-corrected chi connectivity index (χ0v) is 13.1. The molecular weight excluding hydrogens is 313 g/mol. The van der Waals surface area contributed by atoms with E-state index in [1.165, 1.54) is 0 Å². The van der Waals surface area contributed by atoms with Crippen molar-refractivity contribution >= 4 is 35.6 Å². The summed E-state index contributed by atoms with van der Waals surface area (Å²) in [4.78, 5) is 12.3. The van der Waals surface area contributed by atoms with Gasteiger partial charge in [-0.3, -0.25) is 4.79 Å². The molecule has 5 nitrogen and oxygen atoms in total. The van der Waals surface area contributed by atoms with Crippen LogP contribution >= 0.6 is 24.0 Å². The number of hydrogen-bond donors (Lipinski definition) is 3. The van der Waals surface area contributed by atoms with Crippen LogP contribution in [0.15, 0.2) is 6.07 Å². The molecule has 0 radical (unpaired) electrons. The van der Waals surface area contributed by atoms with Crippen molar-refractivity contribution in [2.75, 3.05) is 25.4 Å². The molecule has 1 amide bonds. The normalized spacial score (nSPS) is 19.6. The van der Waals surface area contributed by atoms with Crippen LogP contribution in [0.2, 0.25) is 5.02 Å². The standard InChI is InChI=1S/C14H18ClN3O2.ClH/c15-11-6-10(13-9(12(11)16)3-5-20-13)14(19)18-7-8-2-1-4-17-8;/h6,8,17H,1-5,7,16H2,(H,18,19);1H/t8-;/m1./s1. The number of rotatable bonds is 3. The fraction of sp³-hybridized carbons (Fsp3) is 0.500. The molecule has 2 heterocycles. The summed E-state index contributed by atoms with van der Waals surface area (Å²) < 4.78 is 5.54. The lowest BCUT2D eigenvalue weighted by atomic mass is 10.0. The summed E-state index contributed by atoms with van der Waals surface area (Å²) in [6.45, 7) is 2.19. The van der Waals surface area contributed by atoms with E-state index in [9.17, 15) is 4.79 Å². The molecule has 1 fully saturated rings.